The Balaban J connectivity index is 2.12. The van der Waals surface area contributed by atoms with Crippen molar-refractivity contribution in [2.45, 2.75) is 52.4 Å². The summed E-state index contributed by atoms with van der Waals surface area (Å²) in [4.78, 5) is 13.7. The fourth-order valence-electron chi connectivity index (χ4n) is 2.22. The van der Waals surface area contributed by atoms with Crippen LogP contribution in [0.5, 0.6) is 0 Å². The molecule has 0 N–H and O–H groups in total. The third-order valence-electron chi connectivity index (χ3n) is 3.43. The molecule has 0 aromatic rings. The van der Waals surface area contributed by atoms with Crippen LogP contribution in [0, 0.1) is 5.92 Å². The van der Waals surface area contributed by atoms with Crippen molar-refractivity contribution in [3.8, 4) is 0 Å². The van der Waals surface area contributed by atoms with Gasteiger partial charge >= 0.3 is 0 Å². The Bertz CT molecular complexity index is 191. The van der Waals surface area contributed by atoms with Crippen LogP contribution in [-0.2, 0) is 4.79 Å². The van der Waals surface area contributed by atoms with E-state index in [1.165, 1.54) is 32.4 Å². The average molecular weight is 211 g/mol. The highest BCUT2D eigenvalue weighted by Crippen LogP contribution is 2.16. The van der Waals surface area contributed by atoms with Crippen molar-refractivity contribution in [3.05, 3.63) is 0 Å². The number of hydrogen-bond donors (Lipinski definition) is 0. The fourth-order valence-corrected chi connectivity index (χ4v) is 2.22. The molecular formula is C13H25NO. The van der Waals surface area contributed by atoms with Gasteiger partial charge in [0.25, 0.3) is 0 Å². The lowest BCUT2D eigenvalue weighted by molar-refractivity contribution is -0.118. The van der Waals surface area contributed by atoms with E-state index in [-0.39, 0.29) is 0 Å². The first-order valence-electron chi connectivity index (χ1n) is 6.46. The molecule has 88 valence electrons. The maximum Gasteiger partial charge on any atom is 0.132 e. The molecule has 0 amide bonds. The summed E-state index contributed by atoms with van der Waals surface area (Å²) in [5.41, 5.74) is 0. The number of carbonyl (C=O) groups is 1. The van der Waals surface area contributed by atoms with Crippen molar-refractivity contribution in [2.24, 2.45) is 5.92 Å². The molecule has 1 heterocycles. The first kappa shape index (κ1) is 12.7. The third-order valence-corrected chi connectivity index (χ3v) is 3.43. The molecule has 1 unspecified atom stereocenters. The smallest absolute Gasteiger partial charge is 0.132 e. The van der Waals surface area contributed by atoms with Gasteiger partial charge in [-0.3, -0.25) is 4.79 Å². The summed E-state index contributed by atoms with van der Waals surface area (Å²) in [5.74, 6) is 1.31. The van der Waals surface area contributed by atoms with E-state index in [0.717, 1.165) is 25.3 Å². The van der Waals surface area contributed by atoms with Gasteiger partial charge in [0.15, 0.2) is 0 Å². The first-order chi connectivity index (χ1) is 7.22. The number of carbonyl (C=O) groups excluding carboxylic acids is 1. The molecule has 0 spiro atoms. The normalized spacial score (nSPS) is 23.7. The van der Waals surface area contributed by atoms with Crippen molar-refractivity contribution in [2.75, 3.05) is 19.6 Å². The van der Waals surface area contributed by atoms with Crippen molar-refractivity contribution in [1.29, 1.82) is 0 Å². The van der Waals surface area contributed by atoms with E-state index in [0.29, 0.717) is 12.2 Å². The molecule has 0 aromatic carbocycles. The van der Waals surface area contributed by atoms with E-state index in [2.05, 4.69) is 11.8 Å². The highest BCUT2D eigenvalue weighted by Gasteiger charge is 2.13. The SMILES string of the molecule is CCC(=O)CCCN1CCCC(C)CC1. The third kappa shape index (κ3) is 5.31. The number of Topliss-reactive ketones (excluding diaryl/α,β-unsaturated/α-hetero) is 1. The van der Waals surface area contributed by atoms with Gasteiger partial charge in [-0.05, 0) is 51.2 Å². The maximum atomic E-state index is 11.2. The van der Waals surface area contributed by atoms with Crippen molar-refractivity contribution < 1.29 is 4.79 Å². The lowest BCUT2D eigenvalue weighted by Crippen LogP contribution is -2.26. The van der Waals surface area contributed by atoms with Gasteiger partial charge in [-0.1, -0.05) is 13.8 Å². The molecule has 15 heavy (non-hydrogen) atoms. The highest BCUT2D eigenvalue weighted by molar-refractivity contribution is 5.77. The topological polar surface area (TPSA) is 20.3 Å². The second kappa shape index (κ2) is 7.00. The molecule has 1 atom stereocenters. The monoisotopic (exact) mass is 211 g/mol. The minimum atomic E-state index is 0.415. The van der Waals surface area contributed by atoms with Crippen LogP contribution in [0.4, 0.5) is 0 Å². The average Bonchev–Trinajstić information content (AvgIpc) is 2.43. The van der Waals surface area contributed by atoms with Crippen molar-refractivity contribution in [3.63, 3.8) is 0 Å². The van der Waals surface area contributed by atoms with Crippen LogP contribution in [0.15, 0.2) is 0 Å². The summed E-state index contributed by atoms with van der Waals surface area (Å²) in [5, 5.41) is 0. The lowest BCUT2D eigenvalue weighted by Gasteiger charge is -2.19. The highest BCUT2D eigenvalue weighted by atomic mass is 16.1. The summed E-state index contributed by atoms with van der Waals surface area (Å²) in [6.07, 6.45) is 6.59. The van der Waals surface area contributed by atoms with Gasteiger partial charge in [-0.25, -0.2) is 0 Å². The Labute approximate surface area is 94.0 Å². The van der Waals surface area contributed by atoms with Crippen LogP contribution in [0.3, 0.4) is 0 Å². The number of likely N-dealkylation sites (tertiary alicyclic amines) is 1. The van der Waals surface area contributed by atoms with E-state index in [1.54, 1.807) is 0 Å². The van der Waals surface area contributed by atoms with Crippen LogP contribution in [0.2, 0.25) is 0 Å². The summed E-state index contributed by atoms with van der Waals surface area (Å²) >= 11 is 0. The minimum Gasteiger partial charge on any atom is -0.303 e. The zero-order valence-electron chi connectivity index (χ0n) is 10.3. The van der Waals surface area contributed by atoms with Gasteiger partial charge in [-0.15, -0.1) is 0 Å². The van der Waals surface area contributed by atoms with E-state index >= 15 is 0 Å². The van der Waals surface area contributed by atoms with Gasteiger partial charge in [0.1, 0.15) is 5.78 Å². The van der Waals surface area contributed by atoms with Crippen LogP contribution in [-0.4, -0.2) is 30.3 Å². The Morgan fingerprint density at radius 1 is 1.33 bits per heavy atom. The molecule has 0 bridgehead atoms. The van der Waals surface area contributed by atoms with Gasteiger partial charge in [-0.2, -0.15) is 0 Å². The van der Waals surface area contributed by atoms with Gasteiger partial charge < -0.3 is 4.90 Å². The molecule has 0 saturated carbocycles. The van der Waals surface area contributed by atoms with Gasteiger partial charge in [0, 0.05) is 12.8 Å². The predicted molar refractivity (Wildman–Crippen MR) is 64.0 cm³/mol. The molecule has 1 rings (SSSR count). The zero-order valence-corrected chi connectivity index (χ0v) is 10.3. The second-order valence-electron chi connectivity index (χ2n) is 4.87. The molecule has 0 radical (unpaired) electrons. The number of nitrogens with zero attached hydrogens (tertiary/aromatic N) is 1. The Kier molecular flexibility index (Phi) is 5.92. The number of rotatable bonds is 5. The number of ketones is 1. The van der Waals surface area contributed by atoms with E-state index in [9.17, 15) is 4.79 Å². The molecular weight excluding hydrogens is 186 g/mol. The molecule has 1 aliphatic heterocycles. The number of hydrogen-bond acceptors (Lipinski definition) is 2. The maximum absolute atomic E-state index is 11.2. The molecule has 0 aromatic heterocycles. The fraction of sp³-hybridized carbons (Fsp3) is 0.923. The summed E-state index contributed by atoms with van der Waals surface area (Å²) < 4.78 is 0. The van der Waals surface area contributed by atoms with Crippen LogP contribution >= 0.6 is 0 Å². The molecule has 2 nitrogen and oxygen atoms in total. The quantitative estimate of drug-likeness (QED) is 0.697. The van der Waals surface area contributed by atoms with E-state index < -0.39 is 0 Å². The van der Waals surface area contributed by atoms with Crippen LogP contribution in [0.1, 0.15) is 52.4 Å². The van der Waals surface area contributed by atoms with Crippen LogP contribution < -0.4 is 0 Å². The predicted octanol–water partition coefficient (Wildman–Crippen LogP) is 2.87. The summed E-state index contributed by atoms with van der Waals surface area (Å²) in [6.45, 7) is 7.91. The molecule has 2 heteroatoms. The van der Waals surface area contributed by atoms with Crippen molar-refractivity contribution >= 4 is 5.78 Å². The van der Waals surface area contributed by atoms with Crippen LogP contribution in [0.25, 0.3) is 0 Å². The Morgan fingerprint density at radius 2 is 2.13 bits per heavy atom. The molecule has 1 fully saturated rings. The Morgan fingerprint density at radius 3 is 2.87 bits per heavy atom. The second-order valence-corrected chi connectivity index (χ2v) is 4.87. The van der Waals surface area contributed by atoms with Crippen molar-refractivity contribution in [1.82, 2.24) is 4.90 Å². The lowest BCUT2D eigenvalue weighted by atomic mass is 10.0. The zero-order chi connectivity index (χ0) is 11.1. The molecule has 0 aliphatic carbocycles. The molecule has 1 aliphatic rings. The Hall–Kier alpha value is -0.370. The standard InChI is InChI=1S/C13H25NO/c1-3-13(15)7-5-10-14-9-4-6-12(2)8-11-14/h12H,3-11H2,1-2H3. The first-order valence-corrected chi connectivity index (χ1v) is 6.46. The van der Waals surface area contributed by atoms with E-state index in [1.807, 2.05) is 6.92 Å². The minimum absolute atomic E-state index is 0.415. The largest absolute Gasteiger partial charge is 0.303 e. The van der Waals surface area contributed by atoms with Gasteiger partial charge in [0.2, 0.25) is 0 Å². The summed E-state index contributed by atoms with van der Waals surface area (Å²) in [6, 6.07) is 0. The van der Waals surface area contributed by atoms with E-state index in [4.69, 9.17) is 0 Å². The summed E-state index contributed by atoms with van der Waals surface area (Å²) in [7, 11) is 0. The molecule has 1 saturated heterocycles. The van der Waals surface area contributed by atoms with Gasteiger partial charge in [0.05, 0.1) is 0 Å².